The summed E-state index contributed by atoms with van der Waals surface area (Å²) in [5.74, 6) is 0. The van der Waals surface area contributed by atoms with Gasteiger partial charge in [0.15, 0.2) is 5.65 Å². The second-order valence-corrected chi connectivity index (χ2v) is 7.03. The van der Waals surface area contributed by atoms with Crippen LogP contribution in [-0.2, 0) is 18.3 Å². The average Bonchev–Trinajstić information content (AvgIpc) is 3.32. The van der Waals surface area contributed by atoms with Crippen molar-refractivity contribution in [2.24, 2.45) is 5.73 Å². The van der Waals surface area contributed by atoms with Crippen LogP contribution in [-0.4, -0.2) is 26.7 Å². The maximum absolute atomic E-state index is 6.28. The van der Waals surface area contributed by atoms with Crippen LogP contribution in [0.1, 0.15) is 16.8 Å². The Hall–Kier alpha value is -3.05. The molecule has 0 unspecified atom stereocenters. The lowest BCUT2D eigenvalue weighted by Crippen LogP contribution is -2.36. The Bertz CT molecular complexity index is 1070. The van der Waals surface area contributed by atoms with Crippen molar-refractivity contribution in [3.05, 3.63) is 77.9 Å². The minimum absolute atomic E-state index is 0.137. The molecule has 5 heteroatoms. The molecule has 0 aliphatic heterocycles. The van der Waals surface area contributed by atoms with E-state index in [4.69, 9.17) is 10.7 Å². The maximum atomic E-state index is 6.28. The second kappa shape index (κ2) is 5.75. The van der Waals surface area contributed by atoms with Gasteiger partial charge in [-0.3, -0.25) is 10.1 Å². The number of H-pyrrole nitrogens is 1. The zero-order valence-electron chi connectivity index (χ0n) is 14.3. The fraction of sp³-hybridized carbons (Fsp3) is 0.190. The number of aromatic nitrogens is 4. The Morgan fingerprint density at radius 2 is 1.77 bits per heavy atom. The molecule has 26 heavy (non-hydrogen) atoms. The third-order valence-electron chi connectivity index (χ3n) is 5.54. The Kier molecular flexibility index (Phi) is 3.36. The maximum Gasteiger partial charge on any atom is 0.155 e. The number of benzene rings is 1. The first-order valence-corrected chi connectivity index (χ1v) is 8.81. The summed E-state index contributed by atoms with van der Waals surface area (Å²) in [7, 11) is 0. The van der Waals surface area contributed by atoms with Crippen LogP contribution in [0.4, 0.5) is 0 Å². The van der Waals surface area contributed by atoms with Crippen molar-refractivity contribution in [1.82, 2.24) is 20.2 Å². The van der Waals surface area contributed by atoms with Gasteiger partial charge in [-0.25, -0.2) is 4.98 Å². The zero-order valence-corrected chi connectivity index (χ0v) is 14.3. The van der Waals surface area contributed by atoms with Gasteiger partial charge in [-0.05, 0) is 53.3 Å². The Morgan fingerprint density at radius 3 is 2.54 bits per heavy atom. The molecule has 3 N–H and O–H groups in total. The molecule has 128 valence electrons. The molecule has 5 rings (SSSR count). The summed E-state index contributed by atoms with van der Waals surface area (Å²) in [5, 5.41) is 8.07. The molecule has 0 bridgehead atoms. The summed E-state index contributed by atoms with van der Waals surface area (Å²) < 4.78 is 0. The molecular formula is C21H19N5. The normalized spacial score (nSPS) is 15.3. The van der Waals surface area contributed by atoms with E-state index < -0.39 is 0 Å². The minimum atomic E-state index is -0.137. The van der Waals surface area contributed by atoms with Crippen LogP contribution in [0.3, 0.4) is 0 Å². The van der Waals surface area contributed by atoms with E-state index in [-0.39, 0.29) is 5.41 Å². The van der Waals surface area contributed by atoms with E-state index in [0.717, 1.165) is 40.7 Å². The van der Waals surface area contributed by atoms with Gasteiger partial charge in [0.2, 0.25) is 0 Å². The number of hydrogen-bond acceptors (Lipinski definition) is 4. The topological polar surface area (TPSA) is 80.5 Å². The van der Waals surface area contributed by atoms with Gasteiger partial charge in [-0.1, -0.05) is 24.3 Å². The number of pyridine rings is 2. The van der Waals surface area contributed by atoms with Crippen molar-refractivity contribution in [3.8, 4) is 11.1 Å². The number of hydrogen-bond donors (Lipinski definition) is 2. The van der Waals surface area contributed by atoms with Gasteiger partial charge in [0.1, 0.15) is 0 Å². The molecule has 3 aromatic heterocycles. The molecule has 0 radical (unpaired) electrons. The Morgan fingerprint density at radius 1 is 1.00 bits per heavy atom. The molecule has 4 aromatic rings. The van der Waals surface area contributed by atoms with Crippen LogP contribution in [0.5, 0.6) is 0 Å². The number of rotatable bonds is 3. The number of aromatic amines is 1. The largest absolute Gasteiger partial charge is 0.330 e. The van der Waals surface area contributed by atoms with Gasteiger partial charge < -0.3 is 5.73 Å². The van der Waals surface area contributed by atoms with Crippen LogP contribution in [0.2, 0.25) is 0 Å². The Balaban J connectivity index is 1.61. The van der Waals surface area contributed by atoms with Crippen molar-refractivity contribution < 1.29 is 0 Å². The van der Waals surface area contributed by atoms with Crippen LogP contribution in [0, 0.1) is 0 Å². The van der Waals surface area contributed by atoms with E-state index in [1.807, 2.05) is 24.5 Å². The van der Waals surface area contributed by atoms with Crippen molar-refractivity contribution in [2.45, 2.75) is 18.3 Å². The molecule has 3 heterocycles. The summed E-state index contributed by atoms with van der Waals surface area (Å²) in [6, 6.07) is 14.8. The average molecular weight is 341 g/mol. The van der Waals surface area contributed by atoms with Gasteiger partial charge in [0, 0.05) is 35.4 Å². The van der Waals surface area contributed by atoms with Gasteiger partial charge in [0.05, 0.1) is 6.20 Å². The van der Waals surface area contributed by atoms with Crippen LogP contribution >= 0.6 is 0 Å². The molecule has 0 fully saturated rings. The van der Waals surface area contributed by atoms with Crippen LogP contribution < -0.4 is 5.73 Å². The molecule has 0 spiro atoms. The van der Waals surface area contributed by atoms with E-state index in [2.05, 4.69) is 45.5 Å². The van der Waals surface area contributed by atoms with E-state index in [1.165, 1.54) is 11.1 Å². The first-order valence-electron chi connectivity index (χ1n) is 8.81. The molecule has 5 nitrogen and oxygen atoms in total. The third-order valence-corrected chi connectivity index (χ3v) is 5.54. The predicted molar refractivity (Wildman–Crippen MR) is 102 cm³/mol. The minimum Gasteiger partial charge on any atom is -0.330 e. The van der Waals surface area contributed by atoms with Crippen LogP contribution in [0.15, 0.2) is 61.1 Å². The molecule has 0 atom stereocenters. The highest BCUT2D eigenvalue weighted by atomic mass is 15.1. The van der Waals surface area contributed by atoms with E-state index >= 15 is 0 Å². The second-order valence-electron chi connectivity index (χ2n) is 7.03. The van der Waals surface area contributed by atoms with E-state index in [0.29, 0.717) is 6.54 Å². The monoisotopic (exact) mass is 341 g/mol. The van der Waals surface area contributed by atoms with Crippen molar-refractivity contribution in [2.75, 3.05) is 6.54 Å². The fourth-order valence-electron chi connectivity index (χ4n) is 4.11. The molecule has 1 aromatic carbocycles. The first kappa shape index (κ1) is 15.2. The summed E-state index contributed by atoms with van der Waals surface area (Å²) in [5.41, 5.74) is 13.0. The summed E-state index contributed by atoms with van der Waals surface area (Å²) >= 11 is 0. The van der Waals surface area contributed by atoms with Crippen molar-refractivity contribution >= 4 is 11.0 Å². The third kappa shape index (κ3) is 2.24. The Labute approximate surface area is 151 Å². The highest BCUT2D eigenvalue weighted by Crippen LogP contribution is 2.39. The molecular weight excluding hydrogens is 322 g/mol. The van der Waals surface area contributed by atoms with Gasteiger partial charge in [0.25, 0.3) is 0 Å². The molecule has 1 aliphatic carbocycles. The SMILES string of the molecule is NCC1(c2cc(-c3ccnc4[nH]ncc34)ccn2)Cc2ccccc2C1. The molecule has 1 aliphatic rings. The van der Waals surface area contributed by atoms with Crippen molar-refractivity contribution in [3.63, 3.8) is 0 Å². The number of nitrogens with two attached hydrogens (primary N) is 1. The highest BCUT2D eigenvalue weighted by molar-refractivity contribution is 5.91. The zero-order chi connectivity index (χ0) is 17.6. The highest BCUT2D eigenvalue weighted by Gasteiger charge is 2.38. The van der Waals surface area contributed by atoms with Gasteiger partial charge in [-0.15, -0.1) is 0 Å². The predicted octanol–water partition coefficient (Wildman–Crippen LogP) is 3.02. The lowest BCUT2D eigenvalue weighted by atomic mass is 9.80. The fourth-order valence-corrected chi connectivity index (χ4v) is 4.11. The van der Waals surface area contributed by atoms with Crippen molar-refractivity contribution in [1.29, 1.82) is 0 Å². The summed E-state index contributed by atoms with van der Waals surface area (Å²) in [6.45, 7) is 0.579. The lowest BCUT2D eigenvalue weighted by molar-refractivity contribution is 0.450. The van der Waals surface area contributed by atoms with Gasteiger partial charge in [-0.2, -0.15) is 5.10 Å². The molecule has 0 saturated carbocycles. The molecule has 0 amide bonds. The number of nitrogens with one attached hydrogen (secondary N) is 1. The summed E-state index contributed by atoms with van der Waals surface area (Å²) in [4.78, 5) is 9.05. The smallest absolute Gasteiger partial charge is 0.155 e. The van der Waals surface area contributed by atoms with E-state index in [9.17, 15) is 0 Å². The first-order chi connectivity index (χ1) is 12.8. The van der Waals surface area contributed by atoms with Crippen LogP contribution in [0.25, 0.3) is 22.2 Å². The quantitative estimate of drug-likeness (QED) is 0.600. The molecule has 0 saturated heterocycles. The number of nitrogens with zero attached hydrogens (tertiary/aromatic N) is 3. The number of fused-ring (bicyclic) bond motifs is 2. The van der Waals surface area contributed by atoms with Gasteiger partial charge >= 0.3 is 0 Å². The van der Waals surface area contributed by atoms with E-state index in [1.54, 1.807) is 6.20 Å². The standard InChI is InChI=1S/C21H19N5/c22-13-21(10-15-3-1-2-4-16(15)11-21)19-9-14(5-7-23-19)17-6-8-24-20-18(17)12-25-26-20/h1-9,12H,10-11,13,22H2,(H,24,25,26). The lowest BCUT2D eigenvalue weighted by Gasteiger charge is -2.27. The summed E-state index contributed by atoms with van der Waals surface area (Å²) in [6.07, 6.45) is 7.39.